The van der Waals surface area contributed by atoms with E-state index < -0.39 is 0 Å². The lowest BCUT2D eigenvalue weighted by Crippen LogP contribution is -2.60. The molecule has 0 bridgehead atoms. The third-order valence-corrected chi connectivity index (χ3v) is 6.28. The van der Waals surface area contributed by atoms with Gasteiger partial charge in [-0.25, -0.2) is 4.79 Å². The van der Waals surface area contributed by atoms with E-state index in [1.807, 2.05) is 35.2 Å². The summed E-state index contributed by atoms with van der Waals surface area (Å²) >= 11 is 0. The van der Waals surface area contributed by atoms with Gasteiger partial charge >= 0.3 is 6.03 Å². The fraction of sp³-hybridized carbons (Fsp3) is 0.619. The number of nitrogens with zero attached hydrogens (tertiary/aromatic N) is 3. The molecule has 138 valence electrons. The topological polar surface area (TPSA) is 56.6 Å². The second-order valence-corrected chi connectivity index (χ2v) is 7.93. The Kier molecular flexibility index (Phi) is 5.01. The molecule has 5 nitrogen and oxygen atoms in total. The second kappa shape index (κ2) is 7.57. The van der Waals surface area contributed by atoms with E-state index in [1.54, 1.807) is 0 Å². The Labute approximate surface area is 155 Å². The van der Waals surface area contributed by atoms with Crippen molar-refractivity contribution >= 4 is 6.03 Å². The van der Waals surface area contributed by atoms with Gasteiger partial charge in [0.05, 0.1) is 19.2 Å². The van der Waals surface area contributed by atoms with Crippen molar-refractivity contribution in [1.29, 1.82) is 5.26 Å². The Balaban J connectivity index is 1.29. The van der Waals surface area contributed by atoms with E-state index in [2.05, 4.69) is 11.0 Å². The lowest BCUT2D eigenvalue weighted by Gasteiger charge is -2.43. The number of urea groups is 1. The van der Waals surface area contributed by atoms with E-state index in [0.29, 0.717) is 37.4 Å². The van der Waals surface area contributed by atoms with Crippen molar-refractivity contribution in [3.63, 3.8) is 0 Å². The highest BCUT2D eigenvalue weighted by molar-refractivity contribution is 5.76. The normalized spacial score (nSPS) is 28.2. The summed E-state index contributed by atoms with van der Waals surface area (Å²) in [7, 11) is 0. The number of hydrogen-bond donors (Lipinski definition) is 0. The number of fused-ring (bicyclic) bond motifs is 1. The predicted octanol–water partition coefficient (Wildman–Crippen LogP) is 3.66. The molecule has 1 saturated carbocycles. The van der Waals surface area contributed by atoms with Crippen LogP contribution in [0, 0.1) is 23.2 Å². The fourth-order valence-corrected chi connectivity index (χ4v) is 4.79. The minimum absolute atomic E-state index is 0.106. The molecule has 1 unspecified atom stereocenters. The van der Waals surface area contributed by atoms with E-state index in [0.717, 1.165) is 31.6 Å². The summed E-state index contributed by atoms with van der Waals surface area (Å²) in [5.74, 6) is 2.14. The van der Waals surface area contributed by atoms with Gasteiger partial charge < -0.3 is 14.5 Å². The summed E-state index contributed by atoms with van der Waals surface area (Å²) < 4.78 is 5.92. The molecule has 2 saturated heterocycles. The SMILES string of the molecule is N#CCCC1CC[C@H]2CCN(C(=O)N3CC(Oc4ccccc4)C3)[C@H]2C1. The summed E-state index contributed by atoms with van der Waals surface area (Å²) in [5, 5.41) is 8.83. The molecule has 2 amide bonds. The van der Waals surface area contributed by atoms with Crippen LogP contribution in [0.4, 0.5) is 4.79 Å². The first kappa shape index (κ1) is 17.2. The van der Waals surface area contributed by atoms with Gasteiger partial charge in [0.1, 0.15) is 11.9 Å². The molecule has 2 aliphatic heterocycles. The van der Waals surface area contributed by atoms with Crippen molar-refractivity contribution in [2.24, 2.45) is 11.8 Å². The summed E-state index contributed by atoms with van der Waals surface area (Å²) in [5.41, 5.74) is 0. The maximum Gasteiger partial charge on any atom is 0.320 e. The lowest BCUT2D eigenvalue weighted by molar-refractivity contribution is 0.0251. The van der Waals surface area contributed by atoms with Gasteiger partial charge in [-0.05, 0) is 56.1 Å². The van der Waals surface area contributed by atoms with Gasteiger partial charge in [-0.15, -0.1) is 0 Å². The summed E-state index contributed by atoms with van der Waals surface area (Å²) in [6.07, 6.45) is 6.38. The van der Waals surface area contributed by atoms with Crippen LogP contribution in [0.3, 0.4) is 0 Å². The molecule has 3 atom stereocenters. The molecule has 0 radical (unpaired) electrons. The van der Waals surface area contributed by atoms with Crippen LogP contribution >= 0.6 is 0 Å². The minimum atomic E-state index is 0.106. The molecule has 0 spiro atoms. The Hall–Kier alpha value is -2.22. The van der Waals surface area contributed by atoms with Gasteiger partial charge in [-0.2, -0.15) is 5.26 Å². The minimum Gasteiger partial charge on any atom is -0.487 e. The van der Waals surface area contributed by atoms with Crippen LogP contribution in [0.1, 0.15) is 38.5 Å². The van der Waals surface area contributed by atoms with Crippen LogP contribution in [-0.2, 0) is 0 Å². The summed E-state index contributed by atoms with van der Waals surface area (Å²) in [6.45, 7) is 2.25. The second-order valence-electron chi connectivity index (χ2n) is 7.93. The van der Waals surface area contributed by atoms with Gasteiger partial charge in [0.2, 0.25) is 0 Å². The zero-order valence-electron chi connectivity index (χ0n) is 15.2. The van der Waals surface area contributed by atoms with Gasteiger partial charge in [0.15, 0.2) is 0 Å². The van der Waals surface area contributed by atoms with Crippen LogP contribution in [0.5, 0.6) is 5.75 Å². The molecule has 0 aromatic heterocycles. The molecule has 1 aliphatic carbocycles. The Morgan fingerprint density at radius 1 is 1.19 bits per heavy atom. The molecule has 26 heavy (non-hydrogen) atoms. The molecule has 3 fully saturated rings. The lowest BCUT2D eigenvalue weighted by atomic mass is 9.77. The summed E-state index contributed by atoms with van der Waals surface area (Å²) in [4.78, 5) is 17.0. The quantitative estimate of drug-likeness (QED) is 0.830. The first-order chi connectivity index (χ1) is 12.7. The van der Waals surface area contributed by atoms with E-state index >= 15 is 0 Å². The number of ether oxygens (including phenoxy) is 1. The number of amides is 2. The number of rotatable bonds is 4. The number of para-hydroxylation sites is 1. The number of benzene rings is 1. The Morgan fingerprint density at radius 3 is 2.77 bits per heavy atom. The van der Waals surface area contributed by atoms with Crippen molar-refractivity contribution in [3.05, 3.63) is 30.3 Å². The number of hydrogen-bond acceptors (Lipinski definition) is 3. The van der Waals surface area contributed by atoms with Crippen molar-refractivity contribution < 1.29 is 9.53 Å². The maximum atomic E-state index is 12.9. The van der Waals surface area contributed by atoms with Crippen LogP contribution in [0.25, 0.3) is 0 Å². The van der Waals surface area contributed by atoms with Crippen LogP contribution < -0.4 is 4.74 Å². The third-order valence-electron chi connectivity index (χ3n) is 6.28. The average molecular weight is 353 g/mol. The largest absolute Gasteiger partial charge is 0.487 e. The van der Waals surface area contributed by atoms with E-state index in [-0.39, 0.29) is 12.1 Å². The van der Waals surface area contributed by atoms with Gasteiger partial charge in [-0.1, -0.05) is 18.2 Å². The van der Waals surface area contributed by atoms with Crippen LogP contribution in [-0.4, -0.2) is 47.6 Å². The van der Waals surface area contributed by atoms with Crippen molar-refractivity contribution in [1.82, 2.24) is 9.80 Å². The number of nitriles is 1. The van der Waals surface area contributed by atoms with E-state index in [1.165, 1.54) is 12.8 Å². The molecule has 4 rings (SSSR count). The highest BCUT2D eigenvalue weighted by atomic mass is 16.5. The van der Waals surface area contributed by atoms with Gasteiger partial charge in [0.25, 0.3) is 0 Å². The van der Waals surface area contributed by atoms with Crippen LogP contribution in [0.2, 0.25) is 0 Å². The smallest absolute Gasteiger partial charge is 0.320 e. The molecular weight excluding hydrogens is 326 g/mol. The van der Waals surface area contributed by atoms with E-state index in [4.69, 9.17) is 10.00 Å². The van der Waals surface area contributed by atoms with Crippen molar-refractivity contribution in [3.8, 4) is 11.8 Å². The van der Waals surface area contributed by atoms with Gasteiger partial charge in [0, 0.05) is 19.0 Å². The predicted molar refractivity (Wildman–Crippen MR) is 98.6 cm³/mol. The molecule has 1 aromatic rings. The van der Waals surface area contributed by atoms with Crippen molar-refractivity contribution in [2.45, 2.75) is 50.7 Å². The monoisotopic (exact) mass is 353 g/mol. The number of carbonyl (C=O) groups excluding carboxylic acids is 1. The van der Waals surface area contributed by atoms with E-state index in [9.17, 15) is 4.79 Å². The van der Waals surface area contributed by atoms with Crippen LogP contribution in [0.15, 0.2) is 30.3 Å². The van der Waals surface area contributed by atoms with Gasteiger partial charge in [-0.3, -0.25) is 0 Å². The Morgan fingerprint density at radius 2 is 2.00 bits per heavy atom. The highest BCUT2D eigenvalue weighted by Crippen LogP contribution is 2.41. The molecule has 5 heteroatoms. The molecule has 3 aliphatic rings. The first-order valence-electron chi connectivity index (χ1n) is 9.89. The molecule has 0 N–H and O–H groups in total. The number of carbonyl (C=O) groups is 1. The zero-order chi connectivity index (χ0) is 17.9. The highest BCUT2D eigenvalue weighted by Gasteiger charge is 2.44. The molecule has 1 aromatic carbocycles. The first-order valence-corrected chi connectivity index (χ1v) is 9.89. The standard InChI is InChI=1S/C21H27N3O2/c22-11-4-5-16-8-9-17-10-12-24(20(17)13-16)21(25)23-14-19(15-23)26-18-6-2-1-3-7-18/h1-3,6-7,16-17,19-20H,4-5,8-10,12-15H2/t16?,17-,20-/m0/s1. The fourth-order valence-electron chi connectivity index (χ4n) is 4.79. The number of likely N-dealkylation sites (tertiary alicyclic amines) is 2. The molecule has 2 heterocycles. The average Bonchev–Trinajstić information content (AvgIpc) is 3.06. The molecular formula is C21H27N3O2. The zero-order valence-corrected chi connectivity index (χ0v) is 15.2. The maximum absolute atomic E-state index is 12.9. The van der Waals surface area contributed by atoms with Crippen molar-refractivity contribution in [2.75, 3.05) is 19.6 Å². The Bertz CT molecular complexity index is 666. The third kappa shape index (κ3) is 3.51. The summed E-state index contributed by atoms with van der Waals surface area (Å²) in [6, 6.07) is 12.7.